The molecule has 0 aromatic heterocycles. The highest BCUT2D eigenvalue weighted by molar-refractivity contribution is 5.94. The minimum Gasteiger partial charge on any atom is -0.349 e. The SMILES string of the molecule is O=C(N[C@H]1C[C@@H]1c1cccc(F)c1)c1cccc(F)c1. The van der Waals surface area contributed by atoms with Gasteiger partial charge in [0.1, 0.15) is 11.6 Å². The van der Waals surface area contributed by atoms with Gasteiger partial charge >= 0.3 is 0 Å². The second-order valence-electron chi connectivity index (χ2n) is 4.99. The monoisotopic (exact) mass is 273 g/mol. The number of carbonyl (C=O) groups excluding carboxylic acids is 1. The van der Waals surface area contributed by atoms with E-state index in [9.17, 15) is 13.6 Å². The second-order valence-corrected chi connectivity index (χ2v) is 4.99. The first kappa shape index (κ1) is 12.8. The fourth-order valence-electron chi connectivity index (χ4n) is 2.34. The van der Waals surface area contributed by atoms with Gasteiger partial charge in [0.15, 0.2) is 0 Å². The summed E-state index contributed by atoms with van der Waals surface area (Å²) in [4.78, 5) is 11.9. The minimum absolute atomic E-state index is 0.00688. The molecule has 20 heavy (non-hydrogen) atoms. The lowest BCUT2D eigenvalue weighted by atomic mass is 10.1. The van der Waals surface area contributed by atoms with Crippen LogP contribution >= 0.6 is 0 Å². The van der Waals surface area contributed by atoms with E-state index in [2.05, 4.69) is 5.32 Å². The van der Waals surface area contributed by atoms with Gasteiger partial charge in [-0.2, -0.15) is 0 Å². The third-order valence-corrected chi connectivity index (χ3v) is 3.47. The molecule has 4 heteroatoms. The first-order valence-electron chi connectivity index (χ1n) is 6.45. The Hall–Kier alpha value is -2.23. The number of nitrogens with one attached hydrogen (secondary N) is 1. The van der Waals surface area contributed by atoms with Crippen molar-refractivity contribution in [2.75, 3.05) is 0 Å². The lowest BCUT2D eigenvalue weighted by molar-refractivity contribution is 0.0950. The Morgan fingerprint density at radius 3 is 2.45 bits per heavy atom. The van der Waals surface area contributed by atoms with Crippen molar-refractivity contribution in [3.8, 4) is 0 Å². The number of hydrogen-bond acceptors (Lipinski definition) is 1. The number of rotatable bonds is 3. The summed E-state index contributed by atoms with van der Waals surface area (Å²) >= 11 is 0. The average Bonchev–Trinajstić information content (AvgIpc) is 3.18. The summed E-state index contributed by atoms with van der Waals surface area (Å²) in [6.07, 6.45) is 0.782. The van der Waals surface area contributed by atoms with Crippen LogP contribution in [0.1, 0.15) is 28.3 Å². The molecule has 1 aliphatic rings. The normalized spacial score (nSPS) is 20.5. The van der Waals surface area contributed by atoms with Crippen LogP contribution in [0.15, 0.2) is 48.5 Å². The molecule has 1 fully saturated rings. The predicted octanol–water partition coefficient (Wildman–Crippen LogP) is 3.25. The first-order valence-corrected chi connectivity index (χ1v) is 6.45. The van der Waals surface area contributed by atoms with Crippen LogP contribution in [0.3, 0.4) is 0 Å². The Kier molecular flexibility index (Phi) is 3.22. The molecule has 0 radical (unpaired) electrons. The van der Waals surface area contributed by atoms with E-state index < -0.39 is 5.82 Å². The molecule has 3 rings (SSSR count). The zero-order chi connectivity index (χ0) is 14.1. The quantitative estimate of drug-likeness (QED) is 0.913. The van der Waals surface area contributed by atoms with Gasteiger partial charge in [-0.25, -0.2) is 8.78 Å². The Morgan fingerprint density at radius 2 is 1.75 bits per heavy atom. The van der Waals surface area contributed by atoms with Crippen LogP contribution in [0.5, 0.6) is 0 Å². The highest BCUT2D eigenvalue weighted by Gasteiger charge is 2.39. The van der Waals surface area contributed by atoms with Crippen LogP contribution in [-0.2, 0) is 0 Å². The van der Waals surface area contributed by atoms with Crippen LogP contribution in [0.4, 0.5) is 8.78 Å². The van der Waals surface area contributed by atoms with Crippen LogP contribution in [-0.4, -0.2) is 11.9 Å². The van der Waals surface area contributed by atoms with E-state index in [1.807, 2.05) is 6.07 Å². The molecule has 102 valence electrons. The van der Waals surface area contributed by atoms with Gasteiger partial charge in [0.2, 0.25) is 0 Å². The summed E-state index contributed by atoms with van der Waals surface area (Å²) in [5.41, 5.74) is 1.18. The molecule has 2 aromatic rings. The van der Waals surface area contributed by atoms with Crippen molar-refractivity contribution in [1.82, 2.24) is 5.32 Å². The molecular weight excluding hydrogens is 260 g/mol. The van der Waals surface area contributed by atoms with Crippen molar-refractivity contribution in [1.29, 1.82) is 0 Å². The summed E-state index contributed by atoms with van der Waals surface area (Å²) in [5, 5.41) is 2.84. The van der Waals surface area contributed by atoms with Crippen molar-refractivity contribution >= 4 is 5.91 Å². The van der Waals surface area contributed by atoms with E-state index in [1.54, 1.807) is 12.1 Å². The van der Waals surface area contributed by atoms with Crippen LogP contribution in [0.2, 0.25) is 0 Å². The molecule has 0 unspecified atom stereocenters. The molecule has 2 atom stereocenters. The van der Waals surface area contributed by atoms with Crippen molar-refractivity contribution in [2.45, 2.75) is 18.4 Å². The van der Waals surface area contributed by atoms with Crippen molar-refractivity contribution < 1.29 is 13.6 Å². The summed E-state index contributed by atoms with van der Waals surface area (Å²) in [6, 6.07) is 12.0. The van der Waals surface area contributed by atoms with Gasteiger partial charge in [-0.15, -0.1) is 0 Å². The average molecular weight is 273 g/mol. The first-order chi connectivity index (χ1) is 9.63. The van der Waals surface area contributed by atoms with Gasteiger partial charge in [0, 0.05) is 17.5 Å². The predicted molar refractivity (Wildman–Crippen MR) is 71.4 cm³/mol. The summed E-state index contributed by atoms with van der Waals surface area (Å²) < 4.78 is 26.2. The van der Waals surface area contributed by atoms with E-state index in [4.69, 9.17) is 0 Å². The van der Waals surface area contributed by atoms with E-state index in [1.165, 1.54) is 30.3 Å². The molecule has 2 aromatic carbocycles. The Bertz CT molecular complexity index is 656. The fraction of sp³-hybridized carbons (Fsp3) is 0.188. The number of carbonyl (C=O) groups is 1. The van der Waals surface area contributed by atoms with E-state index in [-0.39, 0.29) is 23.7 Å². The fourth-order valence-corrected chi connectivity index (χ4v) is 2.34. The lowest BCUT2D eigenvalue weighted by Gasteiger charge is -2.05. The molecule has 1 aliphatic carbocycles. The third-order valence-electron chi connectivity index (χ3n) is 3.47. The van der Waals surface area contributed by atoms with Gasteiger partial charge in [-0.05, 0) is 42.3 Å². The molecule has 1 amide bonds. The molecule has 0 bridgehead atoms. The molecule has 2 nitrogen and oxygen atoms in total. The van der Waals surface area contributed by atoms with E-state index >= 15 is 0 Å². The second kappa shape index (κ2) is 5.04. The van der Waals surface area contributed by atoms with E-state index in [0.29, 0.717) is 5.56 Å². The van der Waals surface area contributed by atoms with Crippen molar-refractivity contribution in [2.24, 2.45) is 0 Å². The summed E-state index contributed by atoms with van der Waals surface area (Å²) in [7, 11) is 0. The van der Waals surface area contributed by atoms with Crippen LogP contribution in [0.25, 0.3) is 0 Å². The van der Waals surface area contributed by atoms with Gasteiger partial charge in [0.25, 0.3) is 5.91 Å². The minimum atomic E-state index is -0.435. The summed E-state index contributed by atoms with van der Waals surface area (Å²) in [5.74, 6) is -0.864. The maximum atomic E-state index is 13.1. The zero-order valence-electron chi connectivity index (χ0n) is 10.6. The Balaban J connectivity index is 1.65. The Labute approximate surface area is 115 Å². The standard InChI is InChI=1S/C16H13F2NO/c17-12-5-1-3-10(7-12)14-9-15(14)19-16(20)11-4-2-6-13(18)8-11/h1-8,14-15H,9H2,(H,19,20)/t14-,15+/m1/s1. The highest BCUT2D eigenvalue weighted by atomic mass is 19.1. The van der Waals surface area contributed by atoms with Crippen LogP contribution < -0.4 is 5.32 Å². The number of halogens is 2. The molecule has 0 aliphatic heterocycles. The van der Waals surface area contributed by atoms with Crippen LogP contribution in [0, 0.1) is 11.6 Å². The molecule has 1 N–H and O–H groups in total. The number of hydrogen-bond donors (Lipinski definition) is 1. The lowest BCUT2D eigenvalue weighted by Crippen LogP contribution is -2.26. The third kappa shape index (κ3) is 2.69. The largest absolute Gasteiger partial charge is 0.349 e. The summed E-state index contributed by atoms with van der Waals surface area (Å²) in [6.45, 7) is 0. The maximum Gasteiger partial charge on any atom is 0.251 e. The highest BCUT2D eigenvalue weighted by Crippen LogP contribution is 2.41. The Morgan fingerprint density at radius 1 is 1.05 bits per heavy atom. The molecule has 1 saturated carbocycles. The van der Waals surface area contributed by atoms with Gasteiger partial charge in [-0.1, -0.05) is 18.2 Å². The molecular formula is C16H13F2NO. The van der Waals surface area contributed by atoms with E-state index in [0.717, 1.165) is 12.0 Å². The molecule has 0 saturated heterocycles. The smallest absolute Gasteiger partial charge is 0.251 e. The van der Waals surface area contributed by atoms with Gasteiger partial charge in [0.05, 0.1) is 0 Å². The number of amides is 1. The van der Waals surface area contributed by atoms with Crippen molar-refractivity contribution in [3.05, 3.63) is 71.3 Å². The topological polar surface area (TPSA) is 29.1 Å². The van der Waals surface area contributed by atoms with Gasteiger partial charge < -0.3 is 5.32 Å². The molecule has 0 spiro atoms. The zero-order valence-corrected chi connectivity index (χ0v) is 10.6. The number of benzene rings is 2. The van der Waals surface area contributed by atoms with Gasteiger partial charge in [-0.3, -0.25) is 4.79 Å². The maximum absolute atomic E-state index is 13.1. The van der Waals surface area contributed by atoms with Crippen molar-refractivity contribution in [3.63, 3.8) is 0 Å². The molecule has 0 heterocycles.